The van der Waals surface area contributed by atoms with Crippen LogP contribution in [-0.2, 0) is 4.79 Å². The molecule has 1 aromatic carbocycles. The molecule has 2 heterocycles. The number of carbonyl (C=O) groups excluding carboxylic acids is 1. The number of amides is 1. The van der Waals surface area contributed by atoms with Crippen LogP contribution in [0.4, 0.5) is 5.82 Å². The standard InChI is InChI=1S/C28H32N4O3/c1-19(2)32(27(33)22-12-7-20(3)8-13-22)26-25(28(34)35)18-31(30-26)24-15-10-21(11-16-24)9-14-23-6-4-5-17-29-23/h4-6,9-11,14-20,22H,7-8,12-13H2,1-3H3,(H,34,35)/b14-9+/t20-,22-. The monoisotopic (exact) mass is 472 g/mol. The summed E-state index contributed by atoms with van der Waals surface area (Å²) in [5.74, 6) is -0.394. The molecule has 7 nitrogen and oxygen atoms in total. The second-order valence-corrected chi connectivity index (χ2v) is 9.55. The van der Waals surface area contributed by atoms with E-state index >= 15 is 0 Å². The SMILES string of the molecule is CC(C)N(c1nn(-c2ccc(/C=C/c3ccccn3)cc2)cc1C(=O)O)C(=O)[C@H]1CC[C@H](C)CC1. The number of hydrogen-bond acceptors (Lipinski definition) is 4. The molecule has 0 saturated heterocycles. The van der Waals surface area contributed by atoms with Gasteiger partial charge in [0.2, 0.25) is 5.91 Å². The largest absolute Gasteiger partial charge is 0.477 e. The lowest BCUT2D eigenvalue weighted by Gasteiger charge is -2.32. The maximum absolute atomic E-state index is 13.5. The maximum atomic E-state index is 13.5. The van der Waals surface area contributed by atoms with Crippen molar-refractivity contribution < 1.29 is 14.7 Å². The van der Waals surface area contributed by atoms with Crippen LogP contribution in [0.1, 0.15) is 68.1 Å². The molecule has 0 radical (unpaired) electrons. The van der Waals surface area contributed by atoms with Crippen LogP contribution in [0.2, 0.25) is 0 Å². The number of pyridine rings is 1. The van der Waals surface area contributed by atoms with Crippen molar-refractivity contribution in [1.82, 2.24) is 14.8 Å². The van der Waals surface area contributed by atoms with Gasteiger partial charge in [-0.05, 0) is 81.4 Å². The minimum Gasteiger partial charge on any atom is -0.477 e. The van der Waals surface area contributed by atoms with Crippen LogP contribution in [0.25, 0.3) is 17.8 Å². The fourth-order valence-corrected chi connectivity index (χ4v) is 4.53. The van der Waals surface area contributed by atoms with Crippen molar-refractivity contribution in [1.29, 1.82) is 0 Å². The first-order valence-corrected chi connectivity index (χ1v) is 12.2. The highest BCUT2D eigenvalue weighted by atomic mass is 16.4. The maximum Gasteiger partial charge on any atom is 0.341 e. The summed E-state index contributed by atoms with van der Waals surface area (Å²) < 4.78 is 1.54. The van der Waals surface area contributed by atoms with E-state index in [0.29, 0.717) is 5.92 Å². The Kier molecular flexibility index (Phi) is 7.44. The van der Waals surface area contributed by atoms with Crippen LogP contribution in [-0.4, -0.2) is 37.8 Å². The number of aromatic carboxylic acids is 1. The van der Waals surface area contributed by atoms with E-state index in [1.54, 1.807) is 11.1 Å². The Hall–Kier alpha value is -3.74. The third-order valence-corrected chi connectivity index (χ3v) is 6.56. The predicted octanol–water partition coefficient (Wildman–Crippen LogP) is 5.70. The van der Waals surface area contributed by atoms with Crippen LogP contribution < -0.4 is 4.90 Å². The van der Waals surface area contributed by atoms with Gasteiger partial charge in [0, 0.05) is 24.4 Å². The van der Waals surface area contributed by atoms with Crippen LogP contribution in [0, 0.1) is 11.8 Å². The van der Waals surface area contributed by atoms with Gasteiger partial charge in [-0.1, -0.05) is 31.2 Å². The van der Waals surface area contributed by atoms with Crippen LogP contribution in [0.15, 0.2) is 54.9 Å². The molecule has 1 aliphatic rings. The number of aromatic nitrogens is 3. The molecule has 0 unspecified atom stereocenters. The normalized spacial score (nSPS) is 18.2. The van der Waals surface area contributed by atoms with Crippen LogP contribution in [0.5, 0.6) is 0 Å². The summed E-state index contributed by atoms with van der Waals surface area (Å²) in [5.41, 5.74) is 2.59. The molecule has 1 aliphatic carbocycles. The molecular formula is C28H32N4O3. The summed E-state index contributed by atoms with van der Waals surface area (Å²) in [6.45, 7) is 6.01. The zero-order chi connectivity index (χ0) is 24.9. The van der Waals surface area contributed by atoms with Gasteiger partial charge < -0.3 is 5.11 Å². The fourth-order valence-electron chi connectivity index (χ4n) is 4.53. The molecule has 1 amide bonds. The zero-order valence-corrected chi connectivity index (χ0v) is 20.5. The highest BCUT2D eigenvalue weighted by Crippen LogP contribution is 2.32. The summed E-state index contributed by atoms with van der Waals surface area (Å²) in [7, 11) is 0. The highest BCUT2D eigenvalue weighted by molar-refractivity contribution is 6.01. The number of carboxylic acids is 1. The lowest BCUT2D eigenvalue weighted by molar-refractivity contribution is -0.123. The molecule has 0 aliphatic heterocycles. The van der Waals surface area contributed by atoms with E-state index in [4.69, 9.17) is 0 Å². The predicted molar refractivity (Wildman–Crippen MR) is 137 cm³/mol. The lowest BCUT2D eigenvalue weighted by atomic mass is 9.82. The van der Waals surface area contributed by atoms with Gasteiger partial charge in [-0.3, -0.25) is 14.7 Å². The Balaban J connectivity index is 1.60. The average Bonchev–Trinajstić information content (AvgIpc) is 3.29. The van der Waals surface area contributed by atoms with E-state index in [1.165, 1.54) is 10.9 Å². The van der Waals surface area contributed by atoms with Gasteiger partial charge in [-0.25, -0.2) is 9.48 Å². The topological polar surface area (TPSA) is 88.3 Å². The Labute approximate surface area is 206 Å². The average molecular weight is 473 g/mol. The van der Waals surface area contributed by atoms with E-state index < -0.39 is 5.97 Å². The van der Waals surface area contributed by atoms with E-state index in [0.717, 1.165) is 42.6 Å². The van der Waals surface area contributed by atoms with Crippen molar-refractivity contribution in [3.05, 3.63) is 71.7 Å². The number of nitrogens with zero attached hydrogens (tertiary/aromatic N) is 4. The smallest absolute Gasteiger partial charge is 0.341 e. The minimum atomic E-state index is -1.10. The molecular weight excluding hydrogens is 440 g/mol. The molecule has 0 atom stereocenters. The third kappa shape index (κ3) is 5.67. The molecule has 0 bridgehead atoms. The number of benzene rings is 1. The van der Waals surface area contributed by atoms with Crippen molar-refractivity contribution in [2.75, 3.05) is 4.90 Å². The van der Waals surface area contributed by atoms with Gasteiger partial charge in [0.05, 0.1) is 11.4 Å². The first-order valence-electron chi connectivity index (χ1n) is 12.2. The number of rotatable bonds is 7. The second kappa shape index (κ2) is 10.7. The van der Waals surface area contributed by atoms with Crippen molar-refractivity contribution in [2.45, 2.75) is 52.5 Å². The van der Waals surface area contributed by atoms with Crippen molar-refractivity contribution >= 4 is 29.8 Å². The quantitative estimate of drug-likeness (QED) is 0.476. The van der Waals surface area contributed by atoms with Gasteiger partial charge in [0.15, 0.2) is 5.82 Å². The third-order valence-electron chi connectivity index (χ3n) is 6.56. The van der Waals surface area contributed by atoms with Gasteiger partial charge in [0.25, 0.3) is 0 Å². The van der Waals surface area contributed by atoms with Gasteiger partial charge in [0.1, 0.15) is 5.56 Å². The van der Waals surface area contributed by atoms with Crippen molar-refractivity contribution in [3.8, 4) is 5.69 Å². The molecule has 1 saturated carbocycles. The molecule has 1 fully saturated rings. The van der Waals surface area contributed by atoms with E-state index in [1.807, 2.05) is 68.5 Å². The Morgan fingerprint density at radius 1 is 1.06 bits per heavy atom. The summed E-state index contributed by atoms with van der Waals surface area (Å²) in [6, 6.07) is 13.2. The van der Waals surface area contributed by atoms with E-state index in [2.05, 4.69) is 17.0 Å². The molecule has 2 aromatic heterocycles. The van der Waals surface area contributed by atoms with E-state index in [-0.39, 0.29) is 29.2 Å². The molecule has 35 heavy (non-hydrogen) atoms. The molecule has 0 spiro atoms. The summed E-state index contributed by atoms with van der Waals surface area (Å²) in [4.78, 5) is 31.4. The number of carboxylic acid groups (broad SMARTS) is 1. The molecule has 3 aromatic rings. The molecule has 4 rings (SSSR count). The van der Waals surface area contributed by atoms with Gasteiger partial charge >= 0.3 is 5.97 Å². The molecule has 182 valence electrons. The van der Waals surface area contributed by atoms with E-state index in [9.17, 15) is 14.7 Å². The highest BCUT2D eigenvalue weighted by Gasteiger charge is 2.34. The van der Waals surface area contributed by atoms with Crippen molar-refractivity contribution in [2.24, 2.45) is 11.8 Å². The van der Waals surface area contributed by atoms with Crippen LogP contribution >= 0.6 is 0 Å². The summed E-state index contributed by atoms with van der Waals surface area (Å²) >= 11 is 0. The van der Waals surface area contributed by atoms with Crippen molar-refractivity contribution in [3.63, 3.8) is 0 Å². The lowest BCUT2D eigenvalue weighted by Crippen LogP contribution is -2.43. The molecule has 7 heteroatoms. The first-order chi connectivity index (χ1) is 16.8. The van der Waals surface area contributed by atoms with Crippen LogP contribution in [0.3, 0.4) is 0 Å². The zero-order valence-electron chi connectivity index (χ0n) is 20.5. The second-order valence-electron chi connectivity index (χ2n) is 9.55. The number of carbonyl (C=O) groups is 2. The Morgan fingerprint density at radius 3 is 2.37 bits per heavy atom. The van der Waals surface area contributed by atoms with Gasteiger partial charge in [-0.15, -0.1) is 5.10 Å². The van der Waals surface area contributed by atoms with Gasteiger partial charge in [-0.2, -0.15) is 0 Å². The number of hydrogen-bond donors (Lipinski definition) is 1. The summed E-state index contributed by atoms with van der Waals surface area (Å²) in [6.07, 6.45) is 10.8. The molecule has 1 N–H and O–H groups in total. The Morgan fingerprint density at radius 2 is 1.77 bits per heavy atom. The number of anilines is 1. The first kappa shape index (κ1) is 24.4. The summed E-state index contributed by atoms with van der Waals surface area (Å²) in [5, 5.41) is 14.5. The Bertz CT molecular complexity index is 1190. The minimum absolute atomic E-state index is 0.0235. The fraction of sp³-hybridized carbons (Fsp3) is 0.357.